The number of fused-ring (bicyclic) bond motifs is 2. The van der Waals surface area contributed by atoms with E-state index in [-0.39, 0.29) is 24.2 Å². The van der Waals surface area contributed by atoms with Crippen molar-refractivity contribution in [3.8, 4) is 0 Å². The van der Waals surface area contributed by atoms with Crippen LogP contribution in [0.25, 0.3) is 5.76 Å². The maximum absolute atomic E-state index is 14.0. The Balaban J connectivity index is 2.02. The van der Waals surface area contributed by atoms with Crippen LogP contribution in [0.1, 0.15) is 17.5 Å². The highest BCUT2D eigenvalue weighted by Crippen LogP contribution is 2.53. The Hall–Kier alpha value is -3.42. The molecule has 1 saturated heterocycles. The van der Waals surface area contributed by atoms with E-state index in [4.69, 9.17) is 16.3 Å². The standard InChI is InChI=1S/C25H23ClN2O5/c1-3-13-27-19-8-5-4-7-18(19)25(24(27)32)20(21(29)16-9-11-17(26)12-10-16)22(30)23(31)28(25)14-6-15-33-2/h3-5,7-12,29H,1,6,13-15H2,2H3. The number of anilines is 1. The molecule has 0 radical (unpaired) electrons. The van der Waals surface area contributed by atoms with Gasteiger partial charge in [0.2, 0.25) is 0 Å². The minimum Gasteiger partial charge on any atom is -0.507 e. The van der Waals surface area contributed by atoms with E-state index in [9.17, 15) is 19.5 Å². The summed E-state index contributed by atoms with van der Waals surface area (Å²) in [6.45, 7) is 4.35. The van der Waals surface area contributed by atoms with Gasteiger partial charge in [-0.2, -0.15) is 0 Å². The number of carbonyl (C=O) groups excluding carboxylic acids is 3. The SMILES string of the molecule is C=CCN1C(=O)C2(C(=C(O)c3ccc(Cl)cc3)C(=O)C(=O)N2CCCOC)c2ccccc21. The number of halogens is 1. The number of Topliss-reactive ketones (excluding diaryl/α,β-unsaturated/α-hetero) is 1. The van der Waals surface area contributed by atoms with Crippen molar-refractivity contribution >= 4 is 40.6 Å². The molecule has 33 heavy (non-hydrogen) atoms. The van der Waals surface area contributed by atoms with Gasteiger partial charge in [0.25, 0.3) is 17.6 Å². The van der Waals surface area contributed by atoms with Crippen LogP contribution in [0.3, 0.4) is 0 Å². The number of rotatable bonds is 7. The zero-order chi connectivity index (χ0) is 23.8. The van der Waals surface area contributed by atoms with Crippen LogP contribution in [0.15, 0.2) is 66.8 Å². The Morgan fingerprint density at radius 3 is 2.52 bits per heavy atom. The van der Waals surface area contributed by atoms with Gasteiger partial charge in [-0.1, -0.05) is 35.9 Å². The molecule has 1 fully saturated rings. The first-order valence-corrected chi connectivity index (χ1v) is 10.8. The number of hydrogen-bond acceptors (Lipinski definition) is 5. The second-order valence-electron chi connectivity index (χ2n) is 7.79. The highest BCUT2D eigenvalue weighted by molar-refractivity contribution is 6.50. The van der Waals surface area contributed by atoms with Crippen LogP contribution in [0.4, 0.5) is 5.69 Å². The summed E-state index contributed by atoms with van der Waals surface area (Å²) in [5, 5.41) is 11.7. The fourth-order valence-electron chi connectivity index (χ4n) is 4.60. The molecule has 2 heterocycles. The van der Waals surface area contributed by atoms with Crippen molar-refractivity contribution < 1.29 is 24.2 Å². The van der Waals surface area contributed by atoms with Crippen LogP contribution < -0.4 is 4.90 Å². The Labute approximate surface area is 196 Å². The van der Waals surface area contributed by atoms with Gasteiger partial charge in [-0.3, -0.25) is 14.4 Å². The second kappa shape index (κ2) is 8.84. The Morgan fingerprint density at radius 2 is 1.85 bits per heavy atom. The predicted octanol–water partition coefficient (Wildman–Crippen LogP) is 3.49. The largest absolute Gasteiger partial charge is 0.507 e. The molecule has 1 spiro atoms. The first-order chi connectivity index (χ1) is 15.9. The van der Waals surface area contributed by atoms with Crippen molar-refractivity contribution in [2.45, 2.75) is 12.0 Å². The van der Waals surface area contributed by atoms with Gasteiger partial charge in [-0.05, 0) is 36.8 Å². The topological polar surface area (TPSA) is 87.2 Å². The van der Waals surface area contributed by atoms with E-state index in [1.165, 1.54) is 29.0 Å². The van der Waals surface area contributed by atoms with Crippen LogP contribution in [-0.2, 0) is 24.7 Å². The molecule has 0 aliphatic carbocycles. The fraction of sp³-hybridized carbons (Fsp3) is 0.240. The quantitative estimate of drug-likeness (QED) is 0.222. The van der Waals surface area contributed by atoms with Gasteiger partial charge in [-0.25, -0.2) is 0 Å². The normalized spacial score (nSPS) is 21.2. The maximum atomic E-state index is 14.0. The molecule has 0 saturated carbocycles. The predicted molar refractivity (Wildman–Crippen MR) is 125 cm³/mol. The summed E-state index contributed by atoms with van der Waals surface area (Å²) >= 11 is 5.98. The summed E-state index contributed by atoms with van der Waals surface area (Å²) in [7, 11) is 1.53. The van der Waals surface area contributed by atoms with E-state index in [0.717, 1.165) is 0 Å². The summed E-state index contributed by atoms with van der Waals surface area (Å²) in [5.74, 6) is -2.67. The van der Waals surface area contributed by atoms with Crippen LogP contribution >= 0.6 is 11.6 Å². The third-order valence-corrected chi connectivity index (χ3v) is 6.22. The fourth-order valence-corrected chi connectivity index (χ4v) is 4.72. The molecule has 170 valence electrons. The molecule has 8 heteroatoms. The molecule has 1 atom stereocenters. The van der Waals surface area contributed by atoms with E-state index < -0.39 is 28.9 Å². The number of benzene rings is 2. The lowest BCUT2D eigenvalue weighted by molar-refractivity contribution is -0.143. The van der Waals surface area contributed by atoms with Crippen LogP contribution in [0.2, 0.25) is 5.02 Å². The summed E-state index contributed by atoms with van der Waals surface area (Å²) in [6, 6.07) is 13.2. The number of para-hydroxylation sites is 1. The van der Waals surface area contributed by atoms with Gasteiger partial charge in [0.05, 0.1) is 11.3 Å². The van der Waals surface area contributed by atoms with Crippen LogP contribution in [0, 0.1) is 0 Å². The van der Waals surface area contributed by atoms with E-state index in [1.54, 1.807) is 42.5 Å². The number of likely N-dealkylation sites (tertiary alicyclic amines) is 1. The van der Waals surface area contributed by atoms with Crippen molar-refractivity contribution in [2.75, 3.05) is 31.7 Å². The Morgan fingerprint density at radius 1 is 1.15 bits per heavy atom. The number of aliphatic hydroxyl groups is 1. The third-order valence-electron chi connectivity index (χ3n) is 5.97. The lowest BCUT2D eigenvalue weighted by Crippen LogP contribution is -2.52. The van der Waals surface area contributed by atoms with Crippen molar-refractivity contribution in [1.82, 2.24) is 4.90 Å². The number of hydrogen-bond donors (Lipinski definition) is 1. The van der Waals surface area contributed by atoms with Crippen molar-refractivity contribution in [2.24, 2.45) is 0 Å². The van der Waals surface area contributed by atoms with Gasteiger partial charge in [-0.15, -0.1) is 6.58 Å². The minimum atomic E-state index is -1.79. The number of aliphatic hydroxyl groups excluding tert-OH is 1. The first-order valence-electron chi connectivity index (χ1n) is 10.5. The van der Waals surface area contributed by atoms with Gasteiger partial charge >= 0.3 is 0 Å². The highest BCUT2D eigenvalue weighted by atomic mass is 35.5. The number of ketones is 1. The van der Waals surface area contributed by atoms with Crippen LogP contribution in [0.5, 0.6) is 0 Å². The van der Waals surface area contributed by atoms with Crippen molar-refractivity contribution in [3.63, 3.8) is 0 Å². The van der Waals surface area contributed by atoms with Gasteiger partial charge < -0.3 is 19.6 Å². The zero-order valence-corrected chi connectivity index (χ0v) is 18.8. The Kier molecular flexibility index (Phi) is 6.10. The lowest BCUT2D eigenvalue weighted by Gasteiger charge is -2.34. The number of amides is 2. The average Bonchev–Trinajstić information content (AvgIpc) is 3.19. The number of methoxy groups -OCH3 is 1. The summed E-state index contributed by atoms with van der Waals surface area (Å²) < 4.78 is 5.12. The molecule has 7 nitrogen and oxygen atoms in total. The molecule has 4 rings (SSSR count). The summed E-state index contributed by atoms with van der Waals surface area (Å²) in [4.78, 5) is 43.4. The van der Waals surface area contributed by atoms with Gasteiger partial charge in [0.15, 0.2) is 5.54 Å². The average molecular weight is 467 g/mol. The third kappa shape index (κ3) is 3.35. The van der Waals surface area contributed by atoms with Crippen molar-refractivity contribution in [1.29, 1.82) is 0 Å². The molecular formula is C25H23ClN2O5. The molecule has 0 aromatic heterocycles. The summed E-state index contributed by atoms with van der Waals surface area (Å²) in [5.41, 5.74) is -0.741. The second-order valence-corrected chi connectivity index (χ2v) is 8.23. The molecule has 1 N–H and O–H groups in total. The van der Waals surface area contributed by atoms with Crippen LogP contribution in [-0.4, -0.2) is 54.4 Å². The highest BCUT2D eigenvalue weighted by Gasteiger charge is 2.66. The maximum Gasteiger partial charge on any atom is 0.296 e. The van der Waals surface area contributed by atoms with Gasteiger partial charge in [0, 0.05) is 43.0 Å². The first kappa shape index (κ1) is 22.8. The molecule has 0 bridgehead atoms. The van der Waals surface area contributed by atoms with E-state index in [2.05, 4.69) is 6.58 Å². The minimum absolute atomic E-state index is 0.0951. The van der Waals surface area contributed by atoms with Gasteiger partial charge in [0.1, 0.15) is 5.76 Å². The smallest absolute Gasteiger partial charge is 0.296 e. The monoisotopic (exact) mass is 466 g/mol. The molecule has 2 aromatic rings. The van der Waals surface area contributed by atoms with E-state index >= 15 is 0 Å². The van der Waals surface area contributed by atoms with Crippen molar-refractivity contribution in [3.05, 3.63) is 82.9 Å². The lowest BCUT2D eigenvalue weighted by atomic mass is 9.82. The summed E-state index contributed by atoms with van der Waals surface area (Å²) in [6.07, 6.45) is 1.98. The Bertz CT molecular complexity index is 1170. The molecule has 2 aliphatic heterocycles. The molecular weight excluding hydrogens is 444 g/mol. The number of nitrogens with zero attached hydrogens (tertiary/aromatic N) is 2. The number of carbonyl (C=O) groups is 3. The van der Waals surface area contributed by atoms with E-state index in [1.807, 2.05) is 0 Å². The molecule has 2 amide bonds. The molecule has 2 aromatic carbocycles. The number of ether oxygens (including phenoxy) is 1. The molecule has 2 aliphatic rings. The molecule has 1 unspecified atom stereocenters. The zero-order valence-electron chi connectivity index (χ0n) is 18.1. The van der Waals surface area contributed by atoms with E-state index in [0.29, 0.717) is 29.3 Å².